The van der Waals surface area contributed by atoms with Gasteiger partial charge in [-0.25, -0.2) is 8.78 Å². The molecule has 2 aromatic rings. The summed E-state index contributed by atoms with van der Waals surface area (Å²) in [7, 11) is 0. The SMILES string of the molecule is Cc1noc(C)c1CC(=O)NCc1c(F)cccc1F. The molecule has 0 atom stereocenters. The average molecular weight is 280 g/mol. The average Bonchev–Trinajstić information content (AvgIpc) is 2.70. The number of rotatable bonds is 4. The lowest BCUT2D eigenvalue weighted by Gasteiger charge is -2.07. The molecule has 1 aromatic heterocycles. The minimum absolute atomic E-state index is 0.0667. The molecule has 4 nitrogen and oxygen atoms in total. The fourth-order valence-electron chi connectivity index (χ4n) is 1.87. The van der Waals surface area contributed by atoms with Crippen molar-refractivity contribution in [1.82, 2.24) is 10.5 Å². The zero-order valence-electron chi connectivity index (χ0n) is 11.2. The zero-order valence-corrected chi connectivity index (χ0v) is 11.2. The van der Waals surface area contributed by atoms with E-state index in [1.165, 1.54) is 6.07 Å². The number of carbonyl (C=O) groups is 1. The number of amides is 1. The van der Waals surface area contributed by atoms with Gasteiger partial charge in [-0.3, -0.25) is 4.79 Å². The van der Waals surface area contributed by atoms with Crippen molar-refractivity contribution in [2.45, 2.75) is 26.8 Å². The molecule has 0 aliphatic carbocycles. The quantitative estimate of drug-likeness (QED) is 0.935. The summed E-state index contributed by atoms with van der Waals surface area (Å²) in [6.07, 6.45) is 0.0667. The highest BCUT2D eigenvalue weighted by atomic mass is 19.1. The van der Waals surface area contributed by atoms with Gasteiger partial charge in [0.1, 0.15) is 17.4 Å². The van der Waals surface area contributed by atoms with Crippen LogP contribution in [-0.4, -0.2) is 11.1 Å². The van der Waals surface area contributed by atoms with Crippen molar-refractivity contribution in [3.05, 3.63) is 52.4 Å². The van der Waals surface area contributed by atoms with Crippen LogP contribution < -0.4 is 5.32 Å². The molecule has 0 saturated heterocycles. The number of nitrogens with one attached hydrogen (secondary N) is 1. The first-order valence-corrected chi connectivity index (χ1v) is 6.10. The fraction of sp³-hybridized carbons (Fsp3) is 0.286. The molecular formula is C14H14F2N2O2. The van der Waals surface area contributed by atoms with Crippen LogP contribution in [0, 0.1) is 25.5 Å². The van der Waals surface area contributed by atoms with E-state index < -0.39 is 11.6 Å². The van der Waals surface area contributed by atoms with Gasteiger partial charge in [-0.05, 0) is 26.0 Å². The molecule has 0 spiro atoms. The first-order chi connectivity index (χ1) is 9.49. The highest BCUT2D eigenvalue weighted by Crippen LogP contribution is 2.14. The van der Waals surface area contributed by atoms with Gasteiger partial charge in [-0.1, -0.05) is 11.2 Å². The summed E-state index contributed by atoms with van der Waals surface area (Å²) in [6, 6.07) is 3.58. The fourth-order valence-corrected chi connectivity index (χ4v) is 1.87. The molecule has 0 bridgehead atoms. The van der Waals surface area contributed by atoms with Gasteiger partial charge < -0.3 is 9.84 Å². The summed E-state index contributed by atoms with van der Waals surface area (Å²) < 4.78 is 31.7. The second-order valence-electron chi connectivity index (χ2n) is 4.46. The Kier molecular flexibility index (Phi) is 4.12. The molecule has 0 unspecified atom stereocenters. The third-order valence-electron chi connectivity index (χ3n) is 3.04. The molecule has 0 saturated carbocycles. The zero-order chi connectivity index (χ0) is 14.7. The van der Waals surface area contributed by atoms with Crippen LogP contribution in [-0.2, 0) is 17.8 Å². The maximum absolute atomic E-state index is 13.4. The number of aryl methyl sites for hydroxylation is 2. The minimum atomic E-state index is -0.678. The van der Waals surface area contributed by atoms with Gasteiger partial charge in [0.25, 0.3) is 0 Å². The normalized spacial score (nSPS) is 10.6. The molecule has 0 radical (unpaired) electrons. The Balaban J connectivity index is 2.00. The van der Waals surface area contributed by atoms with E-state index in [4.69, 9.17) is 4.52 Å². The predicted molar refractivity (Wildman–Crippen MR) is 67.9 cm³/mol. The number of hydrogen-bond acceptors (Lipinski definition) is 3. The van der Waals surface area contributed by atoms with Crippen LogP contribution in [0.3, 0.4) is 0 Å². The van der Waals surface area contributed by atoms with Crippen LogP contribution in [0.5, 0.6) is 0 Å². The lowest BCUT2D eigenvalue weighted by Crippen LogP contribution is -2.26. The second-order valence-corrected chi connectivity index (χ2v) is 4.46. The molecule has 0 fully saturated rings. The van der Waals surface area contributed by atoms with Crippen molar-refractivity contribution in [1.29, 1.82) is 0 Å². The number of benzene rings is 1. The van der Waals surface area contributed by atoms with Crippen molar-refractivity contribution in [3.63, 3.8) is 0 Å². The van der Waals surface area contributed by atoms with Gasteiger partial charge in [-0.2, -0.15) is 0 Å². The van der Waals surface area contributed by atoms with E-state index in [1.54, 1.807) is 13.8 Å². The van der Waals surface area contributed by atoms with Gasteiger partial charge in [0.15, 0.2) is 0 Å². The van der Waals surface area contributed by atoms with Gasteiger partial charge >= 0.3 is 0 Å². The maximum atomic E-state index is 13.4. The maximum Gasteiger partial charge on any atom is 0.224 e. The number of hydrogen-bond donors (Lipinski definition) is 1. The monoisotopic (exact) mass is 280 g/mol. The molecule has 0 aliphatic rings. The molecule has 20 heavy (non-hydrogen) atoms. The Morgan fingerprint density at radius 2 is 1.90 bits per heavy atom. The first-order valence-electron chi connectivity index (χ1n) is 6.10. The van der Waals surface area contributed by atoms with Crippen LogP contribution in [0.2, 0.25) is 0 Å². The topological polar surface area (TPSA) is 55.1 Å². The van der Waals surface area contributed by atoms with Crippen LogP contribution in [0.4, 0.5) is 8.78 Å². The Morgan fingerprint density at radius 3 is 2.45 bits per heavy atom. The van der Waals surface area contributed by atoms with Crippen LogP contribution >= 0.6 is 0 Å². The van der Waals surface area contributed by atoms with Gasteiger partial charge in [0, 0.05) is 17.7 Å². The molecule has 106 valence electrons. The molecule has 1 N–H and O–H groups in total. The summed E-state index contributed by atoms with van der Waals surface area (Å²) in [6.45, 7) is 3.25. The van der Waals surface area contributed by atoms with Gasteiger partial charge in [-0.15, -0.1) is 0 Å². The summed E-state index contributed by atoms with van der Waals surface area (Å²) in [5.74, 6) is -1.14. The van der Waals surface area contributed by atoms with E-state index >= 15 is 0 Å². The van der Waals surface area contributed by atoms with Crippen molar-refractivity contribution in [3.8, 4) is 0 Å². The molecule has 6 heteroatoms. The number of carbonyl (C=O) groups excluding carboxylic acids is 1. The van der Waals surface area contributed by atoms with Crippen molar-refractivity contribution in [2.24, 2.45) is 0 Å². The predicted octanol–water partition coefficient (Wildman–Crippen LogP) is 2.43. The Bertz CT molecular complexity index is 598. The third kappa shape index (κ3) is 3.01. The lowest BCUT2D eigenvalue weighted by atomic mass is 10.1. The highest BCUT2D eigenvalue weighted by Gasteiger charge is 2.14. The van der Waals surface area contributed by atoms with Gasteiger partial charge in [0.2, 0.25) is 5.91 Å². The van der Waals surface area contributed by atoms with Crippen molar-refractivity contribution in [2.75, 3.05) is 0 Å². The molecule has 1 heterocycles. The van der Waals surface area contributed by atoms with Gasteiger partial charge in [0.05, 0.1) is 12.1 Å². The van der Waals surface area contributed by atoms with Crippen LogP contribution in [0.1, 0.15) is 22.6 Å². The van der Waals surface area contributed by atoms with Crippen LogP contribution in [0.15, 0.2) is 22.7 Å². The summed E-state index contributed by atoms with van der Waals surface area (Å²) in [5.41, 5.74) is 1.17. The second kappa shape index (κ2) is 5.81. The summed E-state index contributed by atoms with van der Waals surface area (Å²) in [4.78, 5) is 11.8. The molecule has 2 rings (SSSR count). The molecule has 0 aliphatic heterocycles. The first kappa shape index (κ1) is 14.2. The number of aromatic nitrogens is 1. The van der Waals surface area contributed by atoms with E-state index in [0.717, 1.165) is 12.1 Å². The third-order valence-corrected chi connectivity index (χ3v) is 3.04. The highest BCUT2D eigenvalue weighted by molar-refractivity contribution is 5.79. The van der Waals surface area contributed by atoms with Crippen molar-refractivity contribution >= 4 is 5.91 Å². The Labute approximate surface area is 114 Å². The van der Waals surface area contributed by atoms with E-state index in [0.29, 0.717) is 17.0 Å². The standard InChI is InChI=1S/C14H14F2N2O2/c1-8-10(9(2)20-18-8)6-14(19)17-7-11-12(15)4-3-5-13(11)16/h3-5H,6-7H2,1-2H3,(H,17,19). The molecule has 1 aromatic carbocycles. The summed E-state index contributed by atoms with van der Waals surface area (Å²) in [5, 5.41) is 6.23. The van der Waals surface area contributed by atoms with Crippen molar-refractivity contribution < 1.29 is 18.1 Å². The minimum Gasteiger partial charge on any atom is -0.361 e. The Morgan fingerprint density at radius 1 is 1.25 bits per heavy atom. The van der Waals surface area contributed by atoms with E-state index in [9.17, 15) is 13.6 Å². The van der Waals surface area contributed by atoms with E-state index in [-0.39, 0.29) is 24.4 Å². The number of halogens is 2. The molecule has 1 amide bonds. The smallest absolute Gasteiger partial charge is 0.224 e. The van der Waals surface area contributed by atoms with Crippen LogP contribution in [0.25, 0.3) is 0 Å². The number of nitrogens with zero attached hydrogens (tertiary/aromatic N) is 1. The lowest BCUT2D eigenvalue weighted by molar-refractivity contribution is -0.120. The van der Waals surface area contributed by atoms with E-state index in [1.807, 2.05) is 0 Å². The molecular weight excluding hydrogens is 266 g/mol. The van der Waals surface area contributed by atoms with E-state index in [2.05, 4.69) is 10.5 Å². The Hall–Kier alpha value is -2.24. The summed E-state index contributed by atoms with van der Waals surface area (Å²) >= 11 is 0. The largest absolute Gasteiger partial charge is 0.361 e.